The molecule has 0 aliphatic heterocycles. The van der Waals surface area contributed by atoms with Crippen LogP contribution in [-0.4, -0.2) is 20.2 Å². The van der Waals surface area contributed by atoms with Gasteiger partial charge in [0.25, 0.3) is 0 Å². The minimum Gasteiger partial charge on any atom is -0.477 e. The van der Waals surface area contributed by atoms with Crippen molar-refractivity contribution in [1.29, 1.82) is 0 Å². The van der Waals surface area contributed by atoms with Crippen molar-refractivity contribution in [3.05, 3.63) is 48.5 Å². The van der Waals surface area contributed by atoms with Gasteiger partial charge >= 0.3 is 5.97 Å². The maximum Gasteiger partial charge on any atom is 0.352 e. The lowest BCUT2D eigenvalue weighted by Crippen LogP contribution is -2.20. The lowest BCUT2D eigenvalue weighted by atomic mass is 10.1. The van der Waals surface area contributed by atoms with E-state index >= 15 is 0 Å². The van der Waals surface area contributed by atoms with Gasteiger partial charge in [0.05, 0.1) is 12.1 Å². The van der Waals surface area contributed by atoms with Crippen molar-refractivity contribution in [3.8, 4) is 0 Å². The highest BCUT2D eigenvalue weighted by atomic mass is 16.4. The summed E-state index contributed by atoms with van der Waals surface area (Å²) in [6.45, 7) is 0. The topological polar surface area (TPSA) is 47.2 Å². The van der Waals surface area contributed by atoms with E-state index in [1.165, 1.54) is 0 Å². The Hall–Kier alpha value is -1.97. The molecule has 1 saturated carbocycles. The number of carboxylic acid groups (broad SMARTS) is 1. The molecule has 1 fully saturated rings. The van der Waals surface area contributed by atoms with Crippen molar-refractivity contribution in [2.45, 2.75) is 31.3 Å². The molecule has 0 radical (unpaired) electrons. The van der Waals surface area contributed by atoms with Crippen molar-refractivity contribution in [2.75, 3.05) is 0 Å². The normalized spacial score (nSPS) is 23.3. The number of nitrogens with zero attached hydrogens (tertiary/aromatic N) is 2. The Morgan fingerprint density at radius 3 is 2.56 bits per heavy atom. The molecule has 94 valence electrons. The second-order valence-corrected chi connectivity index (χ2v) is 4.80. The van der Waals surface area contributed by atoms with E-state index in [1.807, 2.05) is 29.0 Å². The molecule has 4 heteroatoms. The maximum absolute atomic E-state index is 11.2. The molecule has 1 N–H and O–H groups in total. The molecular weight excluding hydrogens is 228 g/mol. The molecule has 2 aromatic heterocycles. The van der Waals surface area contributed by atoms with E-state index in [1.54, 1.807) is 6.07 Å². The van der Waals surface area contributed by atoms with Crippen LogP contribution < -0.4 is 0 Å². The molecule has 2 unspecified atom stereocenters. The molecule has 2 aromatic rings. The average molecular weight is 244 g/mol. The zero-order chi connectivity index (χ0) is 12.5. The minimum absolute atomic E-state index is 0.249. The summed E-state index contributed by atoms with van der Waals surface area (Å²) < 4.78 is 4.11. The van der Waals surface area contributed by atoms with E-state index < -0.39 is 5.97 Å². The highest BCUT2D eigenvalue weighted by Crippen LogP contribution is 2.40. The molecule has 18 heavy (non-hydrogen) atoms. The van der Waals surface area contributed by atoms with Crippen molar-refractivity contribution < 1.29 is 9.90 Å². The van der Waals surface area contributed by atoms with Gasteiger partial charge in [-0.2, -0.15) is 0 Å². The Morgan fingerprint density at radius 2 is 1.83 bits per heavy atom. The van der Waals surface area contributed by atoms with Gasteiger partial charge in [0.1, 0.15) is 5.69 Å². The third-order valence-electron chi connectivity index (χ3n) is 3.81. The third kappa shape index (κ3) is 1.74. The summed E-state index contributed by atoms with van der Waals surface area (Å²) in [7, 11) is 0. The lowest BCUT2D eigenvalue weighted by molar-refractivity contribution is 0.0681. The first-order chi connectivity index (χ1) is 8.77. The highest BCUT2D eigenvalue weighted by molar-refractivity contribution is 5.85. The van der Waals surface area contributed by atoms with E-state index in [0.717, 1.165) is 19.3 Å². The van der Waals surface area contributed by atoms with Crippen LogP contribution >= 0.6 is 0 Å². The number of hydrogen-bond acceptors (Lipinski definition) is 1. The van der Waals surface area contributed by atoms with Crippen LogP contribution in [0.5, 0.6) is 0 Å². The summed E-state index contributed by atoms with van der Waals surface area (Å²) >= 11 is 0. The monoisotopic (exact) mass is 244 g/mol. The molecule has 0 spiro atoms. The molecular formula is C14H16N2O2. The van der Waals surface area contributed by atoms with Crippen LogP contribution in [0.15, 0.2) is 42.9 Å². The van der Waals surface area contributed by atoms with Gasteiger partial charge in [-0.25, -0.2) is 4.79 Å². The van der Waals surface area contributed by atoms with E-state index in [-0.39, 0.29) is 6.04 Å². The van der Waals surface area contributed by atoms with Crippen LogP contribution in [0.1, 0.15) is 41.8 Å². The smallest absolute Gasteiger partial charge is 0.352 e. The molecule has 0 aromatic carbocycles. The highest BCUT2D eigenvalue weighted by Gasteiger charge is 2.31. The number of aromatic nitrogens is 2. The van der Waals surface area contributed by atoms with Gasteiger partial charge < -0.3 is 14.2 Å². The van der Waals surface area contributed by atoms with Crippen molar-refractivity contribution in [1.82, 2.24) is 9.13 Å². The Balaban J connectivity index is 1.95. The summed E-state index contributed by atoms with van der Waals surface area (Å²) in [4.78, 5) is 11.2. The maximum atomic E-state index is 11.2. The van der Waals surface area contributed by atoms with Gasteiger partial charge in [-0.3, -0.25) is 0 Å². The first-order valence-corrected chi connectivity index (χ1v) is 6.30. The van der Waals surface area contributed by atoms with Crippen LogP contribution in [0.3, 0.4) is 0 Å². The Kier molecular flexibility index (Phi) is 2.70. The van der Waals surface area contributed by atoms with E-state index in [0.29, 0.717) is 11.7 Å². The van der Waals surface area contributed by atoms with Crippen molar-refractivity contribution in [2.24, 2.45) is 0 Å². The standard InChI is InChI=1S/C14H16N2O2/c17-14(18)13-7-4-10-16(13)12-6-3-5-11(12)15-8-1-2-9-15/h1-2,4,7-12H,3,5-6H2,(H,17,18). The van der Waals surface area contributed by atoms with Crippen LogP contribution in [-0.2, 0) is 0 Å². The third-order valence-corrected chi connectivity index (χ3v) is 3.81. The number of carboxylic acids is 1. The van der Waals surface area contributed by atoms with Crippen molar-refractivity contribution in [3.63, 3.8) is 0 Å². The molecule has 4 nitrogen and oxygen atoms in total. The average Bonchev–Trinajstić information content (AvgIpc) is 3.10. The molecule has 1 aliphatic carbocycles. The van der Waals surface area contributed by atoms with Gasteiger partial charge in [-0.15, -0.1) is 0 Å². The number of rotatable bonds is 3. The van der Waals surface area contributed by atoms with Gasteiger partial charge in [-0.1, -0.05) is 0 Å². The Labute approximate surface area is 105 Å². The zero-order valence-electron chi connectivity index (χ0n) is 10.1. The van der Waals surface area contributed by atoms with Gasteiger partial charge in [0.15, 0.2) is 0 Å². The first-order valence-electron chi connectivity index (χ1n) is 6.30. The second-order valence-electron chi connectivity index (χ2n) is 4.80. The zero-order valence-corrected chi connectivity index (χ0v) is 10.1. The second kappa shape index (κ2) is 4.37. The van der Waals surface area contributed by atoms with Gasteiger partial charge in [0, 0.05) is 18.6 Å². The van der Waals surface area contributed by atoms with Crippen LogP contribution in [0.4, 0.5) is 0 Å². The Bertz CT molecular complexity index is 542. The summed E-state index contributed by atoms with van der Waals surface area (Å²) in [5.74, 6) is -0.849. The van der Waals surface area contributed by atoms with Crippen LogP contribution in [0.2, 0.25) is 0 Å². The number of hydrogen-bond donors (Lipinski definition) is 1. The van der Waals surface area contributed by atoms with Gasteiger partial charge in [-0.05, 0) is 43.5 Å². The van der Waals surface area contributed by atoms with Gasteiger partial charge in [0.2, 0.25) is 0 Å². The molecule has 0 saturated heterocycles. The number of aromatic carboxylic acids is 1. The molecule has 2 heterocycles. The van der Waals surface area contributed by atoms with Crippen molar-refractivity contribution >= 4 is 5.97 Å². The SMILES string of the molecule is O=C(O)c1cccn1C1CCCC1n1cccc1. The minimum atomic E-state index is -0.849. The molecule has 1 aliphatic rings. The van der Waals surface area contributed by atoms with Crippen LogP contribution in [0, 0.1) is 0 Å². The fourth-order valence-electron chi connectivity index (χ4n) is 3.03. The fraction of sp³-hybridized carbons (Fsp3) is 0.357. The molecule has 3 rings (SSSR count). The fourth-order valence-corrected chi connectivity index (χ4v) is 3.03. The quantitative estimate of drug-likeness (QED) is 0.902. The van der Waals surface area contributed by atoms with E-state index in [4.69, 9.17) is 0 Å². The van der Waals surface area contributed by atoms with Crippen LogP contribution in [0.25, 0.3) is 0 Å². The Morgan fingerprint density at radius 1 is 1.11 bits per heavy atom. The summed E-state index contributed by atoms with van der Waals surface area (Å²) in [5, 5.41) is 9.20. The first kappa shape index (κ1) is 11.1. The summed E-state index contributed by atoms with van der Waals surface area (Å²) in [5.41, 5.74) is 0.388. The summed E-state index contributed by atoms with van der Waals surface area (Å²) in [6.07, 6.45) is 9.30. The predicted molar refractivity (Wildman–Crippen MR) is 67.7 cm³/mol. The predicted octanol–water partition coefficient (Wildman–Crippen LogP) is 2.95. The van der Waals surface area contributed by atoms with E-state index in [9.17, 15) is 9.90 Å². The number of carbonyl (C=O) groups is 1. The summed E-state index contributed by atoms with van der Waals surface area (Å²) in [6, 6.07) is 8.14. The molecule has 0 bridgehead atoms. The largest absolute Gasteiger partial charge is 0.477 e. The molecule has 2 atom stereocenters. The van der Waals surface area contributed by atoms with E-state index in [2.05, 4.69) is 17.0 Å². The lowest BCUT2D eigenvalue weighted by Gasteiger charge is -2.24. The molecule has 0 amide bonds.